The molecule has 0 amide bonds. The number of ether oxygens (including phenoxy) is 3. The minimum Gasteiger partial charge on any atom is -0.463 e. The van der Waals surface area contributed by atoms with Crippen LogP contribution >= 0.6 is 0 Å². The van der Waals surface area contributed by atoms with Gasteiger partial charge in [0.05, 0.1) is 11.8 Å². The largest absolute Gasteiger partial charge is 0.463 e. The van der Waals surface area contributed by atoms with Crippen LogP contribution in [-0.4, -0.2) is 73.8 Å². The molecule has 0 bridgehead atoms. The van der Waals surface area contributed by atoms with E-state index >= 15 is 0 Å². The number of nitrogens with two attached hydrogens (primary N) is 1. The summed E-state index contributed by atoms with van der Waals surface area (Å²) in [6, 6.07) is 1.86. The molecule has 2 aliphatic carbocycles. The van der Waals surface area contributed by atoms with Gasteiger partial charge >= 0.3 is 24.3 Å². The number of hydrogen-bond donors (Lipinski definition) is 2. The summed E-state index contributed by atoms with van der Waals surface area (Å²) in [6.45, 7) is -0.602. The van der Waals surface area contributed by atoms with Gasteiger partial charge in [0, 0.05) is 12.8 Å². The van der Waals surface area contributed by atoms with Crippen molar-refractivity contribution in [3.63, 3.8) is 0 Å². The smallest absolute Gasteiger partial charge is 0.391 e. The second kappa shape index (κ2) is 13.4. The number of carbonyl (C=O) groups excluding carboxylic acids is 2. The van der Waals surface area contributed by atoms with Crippen molar-refractivity contribution < 1.29 is 55.2 Å². The molecule has 3 heterocycles. The quantitative estimate of drug-likeness (QED) is 0.301. The maximum Gasteiger partial charge on any atom is 0.391 e. The van der Waals surface area contributed by atoms with Gasteiger partial charge in [-0.1, -0.05) is 0 Å². The number of aliphatic hydroxyl groups excluding tert-OH is 1. The number of nitrogens with zero attached hydrogens (tertiary/aromatic N) is 5. The molecule has 2 saturated carbocycles. The molecule has 0 aromatic carbocycles. The molecular formula is C29H34F6N6O6. The third-order valence-electron chi connectivity index (χ3n) is 9.50. The van der Waals surface area contributed by atoms with Crippen molar-refractivity contribution in [3.05, 3.63) is 12.7 Å². The Morgan fingerprint density at radius 2 is 1.51 bits per heavy atom. The molecule has 4 atom stereocenters. The minimum absolute atomic E-state index is 0.00305. The zero-order valence-corrected chi connectivity index (χ0v) is 25.0. The van der Waals surface area contributed by atoms with Crippen LogP contribution in [0.4, 0.5) is 32.2 Å². The fourth-order valence-corrected chi connectivity index (χ4v) is 6.80. The van der Waals surface area contributed by atoms with E-state index in [-0.39, 0.29) is 87.1 Å². The van der Waals surface area contributed by atoms with Gasteiger partial charge in [0.2, 0.25) is 0 Å². The standard InChI is InChI=1S/C29H34F6N6O6/c30-28(31,32)17-5-1-15(2-6-17)9-20(42)45-11-19-23(46-21(43)10-16-3-7-18(8-4-16)29(33,34)35)24(44)27(12-36,47-19)41-14-40-22-25(37)38-13-39-26(22)41/h13-19,23-24,44H,1-11H2,(H2,37,38,39)/t15?,16?,17?,18?,19-,23-,24-,27-/m1/s1. The number of carbonyl (C=O) groups is 2. The number of halogens is 6. The zero-order chi connectivity index (χ0) is 34.1. The monoisotopic (exact) mass is 676 g/mol. The molecule has 5 rings (SSSR count). The van der Waals surface area contributed by atoms with E-state index in [4.69, 9.17) is 19.9 Å². The molecule has 1 aliphatic heterocycles. The lowest BCUT2D eigenvalue weighted by Gasteiger charge is -2.30. The van der Waals surface area contributed by atoms with Crippen LogP contribution in [0, 0.1) is 35.0 Å². The normalized spacial score (nSPS) is 31.7. The van der Waals surface area contributed by atoms with Crippen LogP contribution in [0.25, 0.3) is 11.2 Å². The van der Waals surface area contributed by atoms with Crippen molar-refractivity contribution in [2.45, 2.75) is 101 Å². The first-order valence-corrected chi connectivity index (χ1v) is 15.3. The molecule has 2 aromatic heterocycles. The number of aliphatic hydroxyl groups is 1. The van der Waals surface area contributed by atoms with E-state index in [0.717, 1.165) is 17.2 Å². The number of esters is 2. The van der Waals surface area contributed by atoms with Gasteiger partial charge in [0.1, 0.15) is 37.0 Å². The van der Waals surface area contributed by atoms with Crippen LogP contribution in [0.15, 0.2) is 12.7 Å². The van der Waals surface area contributed by atoms with E-state index in [1.54, 1.807) is 0 Å². The van der Waals surface area contributed by atoms with Crippen molar-refractivity contribution in [2.24, 2.45) is 23.7 Å². The van der Waals surface area contributed by atoms with Crippen molar-refractivity contribution in [3.8, 4) is 6.07 Å². The maximum absolute atomic E-state index is 13.1. The molecule has 3 aliphatic rings. The lowest BCUT2D eigenvalue weighted by Crippen LogP contribution is -2.46. The first-order chi connectivity index (χ1) is 22.1. The van der Waals surface area contributed by atoms with E-state index in [9.17, 15) is 46.3 Å². The summed E-state index contributed by atoms with van der Waals surface area (Å²) in [5, 5.41) is 21.8. The second-order valence-corrected chi connectivity index (χ2v) is 12.5. The molecule has 1 saturated heterocycles. The SMILES string of the molecule is N#C[C@@]1(n2cnc3c(N)ncnc32)O[C@H](COC(=O)CC2CCC(C(F)(F)F)CC2)[C@@H](OC(=O)CC2CCC(C(F)(F)F)CC2)[C@H]1O. The van der Waals surface area contributed by atoms with Gasteiger partial charge in [-0.25, -0.2) is 15.0 Å². The van der Waals surface area contributed by atoms with E-state index in [2.05, 4.69) is 15.0 Å². The van der Waals surface area contributed by atoms with Gasteiger partial charge < -0.3 is 25.1 Å². The van der Waals surface area contributed by atoms with Crippen molar-refractivity contribution in [1.82, 2.24) is 19.5 Å². The molecule has 2 aromatic rings. The fourth-order valence-electron chi connectivity index (χ4n) is 6.80. The molecule has 0 spiro atoms. The summed E-state index contributed by atoms with van der Waals surface area (Å²) in [5.74, 6) is -5.25. The Morgan fingerprint density at radius 1 is 0.957 bits per heavy atom. The van der Waals surface area contributed by atoms with E-state index in [1.165, 1.54) is 0 Å². The highest BCUT2D eigenvalue weighted by molar-refractivity contribution is 5.81. The van der Waals surface area contributed by atoms with E-state index in [0.29, 0.717) is 0 Å². The van der Waals surface area contributed by atoms with Gasteiger partial charge in [-0.3, -0.25) is 14.2 Å². The fraction of sp³-hybridized carbons (Fsp3) is 0.724. The number of nitrogen functional groups attached to an aromatic ring is 1. The Hall–Kier alpha value is -3.72. The number of imidazole rings is 1. The highest BCUT2D eigenvalue weighted by atomic mass is 19.4. The zero-order valence-electron chi connectivity index (χ0n) is 25.0. The van der Waals surface area contributed by atoms with Crippen molar-refractivity contribution >= 4 is 28.9 Å². The van der Waals surface area contributed by atoms with Gasteiger partial charge in [0.15, 0.2) is 23.7 Å². The third-order valence-corrected chi connectivity index (χ3v) is 9.50. The molecule has 258 valence electrons. The summed E-state index contributed by atoms with van der Waals surface area (Å²) in [5.41, 5.74) is 3.63. The summed E-state index contributed by atoms with van der Waals surface area (Å²) in [6.07, 6.45) is -11.6. The van der Waals surface area contributed by atoms with E-state index < -0.39 is 72.7 Å². The molecular weight excluding hydrogens is 642 g/mol. The van der Waals surface area contributed by atoms with Crippen LogP contribution in [0.5, 0.6) is 0 Å². The van der Waals surface area contributed by atoms with Crippen LogP contribution in [0.2, 0.25) is 0 Å². The molecule has 0 radical (unpaired) electrons. The first kappa shape index (κ1) is 34.6. The molecule has 0 unspecified atom stereocenters. The van der Waals surface area contributed by atoms with Gasteiger partial charge in [-0.15, -0.1) is 0 Å². The van der Waals surface area contributed by atoms with Crippen molar-refractivity contribution in [1.29, 1.82) is 5.26 Å². The average molecular weight is 677 g/mol. The topological polar surface area (TPSA) is 175 Å². The van der Waals surface area contributed by atoms with Crippen LogP contribution in [0.3, 0.4) is 0 Å². The number of fused-ring (bicyclic) bond motifs is 1. The van der Waals surface area contributed by atoms with Crippen LogP contribution in [-0.2, 0) is 29.5 Å². The number of alkyl halides is 6. The Kier molecular flexibility index (Phi) is 9.88. The average Bonchev–Trinajstić information content (AvgIpc) is 3.56. The first-order valence-electron chi connectivity index (χ1n) is 15.3. The number of rotatable bonds is 8. The Bertz CT molecular complexity index is 1480. The Morgan fingerprint density at radius 3 is 2.04 bits per heavy atom. The second-order valence-electron chi connectivity index (χ2n) is 12.5. The van der Waals surface area contributed by atoms with Crippen molar-refractivity contribution in [2.75, 3.05) is 12.3 Å². The molecule has 12 nitrogen and oxygen atoms in total. The van der Waals surface area contributed by atoms with Crippen LogP contribution in [0.1, 0.15) is 64.2 Å². The Labute approximate surface area is 264 Å². The summed E-state index contributed by atoms with van der Waals surface area (Å²) in [7, 11) is 0. The summed E-state index contributed by atoms with van der Waals surface area (Å²) >= 11 is 0. The Balaban J connectivity index is 1.29. The predicted molar refractivity (Wildman–Crippen MR) is 147 cm³/mol. The lowest BCUT2D eigenvalue weighted by atomic mass is 9.80. The third kappa shape index (κ3) is 7.40. The van der Waals surface area contributed by atoms with Gasteiger partial charge in [-0.2, -0.15) is 31.6 Å². The maximum atomic E-state index is 13.1. The molecule has 47 heavy (non-hydrogen) atoms. The van der Waals surface area contributed by atoms with E-state index in [1.807, 2.05) is 6.07 Å². The molecule has 18 heteroatoms. The minimum atomic E-state index is -4.32. The molecule has 3 N–H and O–H groups in total. The highest BCUT2D eigenvalue weighted by Crippen LogP contribution is 2.43. The number of anilines is 1. The highest BCUT2D eigenvalue weighted by Gasteiger charge is 2.60. The van der Waals surface area contributed by atoms with Gasteiger partial charge in [-0.05, 0) is 63.2 Å². The number of hydrogen-bond acceptors (Lipinski definition) is 11. The lowest BCUT2D eigenvalue weighted by molar-refractivity contribution is -0.185. The number of aromatic nitrogens is 4. The predicted octanol–water partition coefficient (Wildman–Crippen LogP) is 4.32. The summed E-state index contributed by atoms with van der Waals surface area (Å²) < 4.78 is 96.3. The van der Waals surface area contributed by atoms with Crippen LogP contribution < -0.4 is 5.73 Å². The van der Waals surface area contributed by atoms with Gasteiger partial charge in [0.25, 0.3) is 5.72 Å². The number of nitriles is 1. The summed E-state index contributed by atoms with van der Waals surface area (Å²) in [4.78, 5) is 37.8. The molecule has 3 fully saturated rings.